The molecule has 18 heavy (non-hydrogen) atoms. The summed E-state index contributed by atoms with van der Waals surface area (Å²) in [7, 11) is 3.78. The number of ether oxygens (including phenoxy) is 1. The van der Waals surface area contributed by atoms with Crippen molar-refractivity contribution in [2.75, 3.05) is 32.1 Å². The molecule has 2 atom stereocenters. The molecule has 1 aromatic carbocycles. The summed E-state index contributed by atoms with van der Waals surface area (Å²) in [5.74, 6) is 1.78. The monoisotopic (exact) mass is 248 g/mol. The zero-order chi connectivity index (χ0) is 13.0. The third kappa shape index (κ3) is 2.96. The molecular weight excluding hydrogens is 224 g/mol. The summed E-state index contributed by atoms with van der Waals surface area (Å²) in [5, 5.41) is 3.33. The molecule has 2 rings (SSSR count). The summed E-state index contributed by atoms with van der Waals surface area (Å²) in [5.41, 5.74) is 1.24. The zero-order valence-electron chi connectivity index (χ0n) is 11.6. The molecule has 0 radical (unpaired) electrons. The molecule has 1 N–H and O–H groups in total. The van der Waals surface area contributed by atoms with Crippen molar-refractivity contribution in [3.63, 3.8) is 0 Å². The number of hydrogen-bond acceptors (Lipinski definition) is 3. The lowest BCUT2D eigenvalue weighted by molar-refractivity contribution is 0.414. The standard InChI is InChI=1S/C15H24N2O/c1-12(16-2)10-13-8-9-17(11-13)14-6-4-5-7-15(14)18-3/h4-7,12-13,16H,8-11H2,1-3H3. The van der Waals surface area contributed by atoms with Crippen LogP contribution in [-0.2, 0) is 0 Å². The molecule has 0 spiro atoms. The van der Waals surface area contributed by atoms with E-state index in [0.29, 0.717) is 6.04 Å². The Hall–Kier alpha value is -1.22. The molecule has 1 saturated heterocycles. The van der Waals surface area contributed by atoms with Crippen LogP contribution in [0.4, 0.5) is 5.69 Å². The Morgan fingerprint density at radius 1 is 1.44 bits per heavy atom. The van der Waals surface area contributed by atoms with Gasteiger partial charge in [0.15, 0.2) is 0 Å². The van der Waals surface area contributed by atoms with Crippen LogP contribution >= 0.6 is 0 Å². The lowest BCUT2D eigenvalue weighted by atomic mass is 10.0. The molecule has 0 amide bonds. The SMILES string of the molecule is CNC(C)CC1CCN(c2ccccc2OC)C1. The number of anilines is 1. The van der Waals surface area contributed by atoms with Gasteiger partial charge in [0.1, 0.15) is 5.75 Å². The maximum absolute atomic E-state index is 5.44. The van der Waals surface area contributed by atoms with Gasteiger partial charge in [0.05, 0.1) is 12.8 Å². The molecule has 1 aliphatic rings. The zero-order valence-corrected chi connectivity index (χ0v) is 11.6. The maximum Gasteiger partial charge on any atom is 0.142 e. The van der Waals surface area contributed by atoms with Gasteiger partial charge in [0.2, 0.25) is 0 Å². The van der Waals surface area contributed by atoms with Crippen molar-refractivity contribution >= 4 is 5.69 Å². The van der Waals surface area contributed by atoms with E-state index in [4.69, 9.17) is 4.74 Å². The van der Waals surface area contributed by atoms with Crippen molar-refractivity contribution in [3.8, 4) is 5.75 Å². The van der Waals surface area contributed by atoms with E-state index in [1.54, 1.807) is 7.11 Å². The summed E-state index contributed by atoms with van der Waals surface area (Å²) < 4.78 is 5.44. The summed E-state index contributed by atoms with van der Waals surface area (Å²) in [6.45, 7) is 4.54. The number of methoxy groups -OCH3 is 1. The van der Waals surface area contributed by atoms with E-state index in [0.717, 1.165) is 24.8 Å². The van der Waals surface area contributed by atoms with Crippen LogP contribution in [0.1, 0.15) is 19.8 Å². The highest BCUT2D eigenvalue weighted by Crippen LogP contribution is 2.33. The van der Waals surface area contributed by atoms with Gasteiger partial charge in [-0.15, -0.1) is 0 Å². The molecule has 0 saturated carbocycles. The van der Waals surface area contributed by atoms with Gasteiger partial charge in [0, 0.05) is 19.1 Å². The predicted octanol–water partition coefficient (Wildman–Crippen LogP) is 2.52. The molecule has 1 aliphatic heterocycles. The van der Waals surface area contributed by atoms with E-state index in [9.17, 15) is 0 Å². The third-order valence-corrected chi connectivity index (χ3v) is 3.89. The molecule has 1 heterocycles. The second-order valence-corrected chi connectivity index (χ2v) is 5.20. The number of hydrogen-bond donors (Lipinski definition) is 1. The first-order chi connectivity index (χ1) is 8.74. The number of nitrogens with one attached hydrogen (secondary N) is 1. The fraction of sp³-hybridized carbons (Fsp3) is 0.600. The van der Waals surface area contributed by atoms with Crippen LogP contribution in [-0.4, -0.2) is 33.3 Å². The number of para-hydroxylation sites is 2. The van der Waals surface area contributed by atoms with Gasteiger partial charge in [0.25, 0.3) is 0 Å². The first-order valence-corrected chi connectivity index (χ1v) is 6.79. The van der Waals surface area contributed by atoms with Crippen LogP contribution in [0.15, 0.2) is 24.3 Å². The maximum atomic E-state index is 5.44. The Bertz CT molecular complexity index is 381. The number of rotatable bonds is 5. The summed E-state index contributed by atoms with van der Waals surface area (Å²) in [6, 6.07) is 8.91. The second kappa shape index (κ2) is 6.10. The summed E-state index contributed by atoms with van der Waals surface area (Å²) >= 11 is 0. The van der Waals surface area contributed by atoms with Gasteiger partial charge >= 0.3 is 0 Å². The fourth-order valence-corrected chi connectivity index (χ4v) is 2.75. The highest BCUT2D eigenvalue weighted by Gasteiger charge is 2.25. The van der Waals surface area contributed by atoms with Gasteiger partial charge in [-0.25, -0.2) is 0 Å². The molecule has 0 aliphatic carbocycles. The van der Waals surface area contributed by atoms with Gasteiger partial charge in [-0.1, -0.05) is 12.1 Å². The Labute approximate surface area is 110 Å². The van der Waals surface area contributed by atoms with Crippen LogP contribution < -0.4 is 15.0 Å². The van der Waals surface area contributed by atoms with Crippen LogP contribution in [0.5, 0.6) is 5.75 Å². The minimum Gasteiger partial charge on any atom is -0.495 e. The molecule has 1 fully saturated rings. The topological polar surface area (TPSA) is 24.5 Å². The molecule has 3 nitrogen and oxygen atoms in total. The molecular formula is C15H24N2O. The third-order valence-electron chi connectivity index (χ3n) is 3.89. The van der Waals surface area contributed by atoms with Crippen molar-refractivity contribution in [1.82, 2.24) is 5.32 Å². The number of nitrogens with zero attached hydrogens (tertiary/aromatic N) is 1. The predicted molar refractivity (Wildman–Crippen MR) is 76.5 cm³/mol. The van der Waals surface area contributed by atoms with Crippen molar-refractivity contribution in [2.24, 2.45) is 5.92 Å². The highest BCUT2D eigenvalue weighted by atomic mass is 16.5. The Morgan fingerprint density at radius 3 is 2.94 bits per heavy atom. The van der Waals surface area contributed by atoms with E-state index < -0.39 is 0 Å². The van der Waals surface area contributed by atoms with E-state index in [1.807, 2.05) is 19.2 Å². The average Bonchev–Trinajstić information content (AvgIpc) is 2.86. The van der Waals surface area contributed by atoms with Gasteiger partial charge < -0.3 is 15.0 Å². The lowest BCUT2D eigenvalue weighted by Crippen LogP contribution is -2.26. The fourth-order valence-electron chi connectivity index (χ4n) is 2.75. The Balaban J connectivity index is 2.00. The molecule has 2 unspecified atom stereocenters. The Kier molecular flexibility index (Phi) is 4.48. The van der Waals surface area contributed by atoms with E-state index in [2.05, 4.69) is 29.3 Å². The quantitative estimate of drug-likeness (QED) is 0.866. The molecule has 100 valence electrons. The minimum atomic E-state index is 0.604. The molecule has 3 heteroatoms. The van der Waals surface area contributed by atoms with E-state index >= 15 is 0 Å². The average molecular weight is 248 g/mol. The van der Waals surface area contributed by atoms with Crippen LogP contribution in [0.3, 0.4) is 0 Å². The van der Waals surface area contributed by atoms with Crippen LogP contribution in [0, 0.1) is 5.92 Å². The molecule has 1 aromatic rings. The summed E-state index contributed by atoms with van der Waals surface area (Å²) in [4.78, 5) is 2.45. The Morgan fingerprint density at radius 2 is 2.22 bits per heavy atom. The largest absolute Gasteiger partial charge is 0.495 e. The van der Waals surface area contributed by atoms with Crippen LogP contribution in [0.2, 0.25) is 0 Å². The first-order valence-electron chi connectivity index (χ1n) is 6.79. The minimum absolute atomic E-state index is 0.604. The van der Waals surface area contributed by atoms with E-state index in [1.165, 1.54) is 18.5 Å². The molecule has 0 bridgehead atoms. The second-order valence-electron chi connectivity index (χ2n) is 5.20. The van der Waals surface area contributed by atoms with Crippen molar-refractivity contribution in [2.45, 2.75) is 25.8 Å². The lowest BCUT2D eigenvalue weighted by Gasteiger charge is -2.22. The highest BCUT2D eigenvalue weighted by molar-refractivity contribution is 5.58. The number of benzene rings is 1. The van der Waals surface area contributed by atoms with Gasteiger partial charge in [-0.3, -0.25) is 0 Å². The van der Waals surface area contributed by atoms with Gasteiger partial charge in [-0.2, -0.15) is 0 Å². The van der Waals surface area contributed by atoms with Gasteiger partial charge in [-0.05, 0) is 44.9 Å². The van der Waals surface area contributed by atoms with Crippen molar-refractivity contribution < 1.29 is 4.74 Å². The van der Waals surface area contributed by atoms with Crippen molar-refractivity contribution in [3.05, 3.63) is 24.3 Å². The first kappa shape index (κ1) is 13.2. The smallest absolute Gasteiger partial charge is 0.142 e. The van der Waals surface area contributed by atoms with Crippen LogP contribution in [0.25, 0.3) is 0 Å². The summed E-state index contributed by atoms with van der Waals surface area (Å²) in [6.07, 6.45) is 2.53. The normalized spacial score (nSPS) is 21.1. The van der Waals surface area contributed by atoms with E-state index in [-0.39, 0.29) is 0 Å². The van der Waals surface area contributed by atoms with Crippen molar-refractivity contribution in [1.29, 1.82) is 0 Å². The molecule has 0 aromatic heterocycles.